The molecule has 0 unspecified atom stereocenters. The number of hydrogen-bond acceptors (Lipinski definition) is 5. The van der Waals surface area contributed by atoms with E-state index in [1.54, 1.807) is 0 Å². The van der Waals surface area contributed by atoms with Crippen LogP contribution in [0.15, 0.2) is 0 Å². The van der Waals surface area contributed by atoms with Gasteiger partial charge in [-0.05, 0) is 33.0 Å². The fraction of sp³-hybridized carbons (Fsp3) is 0.923. The summed E-state index contributed by atoms with van der Waals surface area (Å²) in [7, 11) is 1.89. The fourth-order valence-electron chi connectivity index (χ4n) is 1.97. The average molecular weight is 273 g/mol. The number of piperidine rings is 1. The summed E-state index contributed by atoms with van der Waals surface area (Å²) in [5.41, 5.74) is 0. The van der Waals surface area contributed by atoms with Gasteiger partial charge in [0.15, 0.2) is 0 Å². The van der Waals surface area contributed by atoms with E-state index in [4.69, 9.17) is 9.47 Å². The Balaban J connectivity index is 1.86. The summed E-state index contributed by atoms with van der Waals surface area (Å²) in [5.74, 6) is 0.335. The molecule has 6 nitrogen and oxygen atoms in total. The molecule has 1 aliphatic heterocycles. The van der Waals surface area contributed by atoms with Gasteiger partial charge < -0.3 is 25.4 Å². The van der Waals surface area contributed by atoms with Gasteiger partial charge in [-0.25, -0.2) is 0 Å². The highest BCUT2D eigenvalue weighted by molar-refractivity contribution is 5.78. The van der Waals surface area contributed by atoms with E-state index in [0.29, 0.717) is 33.0 Å². The van der Waals surface area contributed by atoms with E-state index < -0.39 is 0 Å². The third-order valence-electron chi connectivity index (χ3n) is 3.12. The highest BCUT2D eigenvalue weighted by Gasteiger charge is 2.19. The Morgan fingerprint density at radius 1 is 1.11 bits per heavy atom. The minimum atomic E-state index is 0.162. The Hall–Kier alpha value is -0.690. The normalized spacial score (nSPS) is 16.5. The second-order valence-electron chi connectivity index (χ2n) is 4.64. The number of hydrogen-bond donors (Lipinski definition) is 3. The van der Waals surface area contributed by atoms with Gasteiger partial charge in [0.1, 0.15) is 0 Å². The zero-order valence-electron chi connectivity index (χ0n) is 11.9. The first-order chi connectivity index (χ1) is 9.34. The van der Waals surface area contributed by atoms with Crippen LogP contribution in [0, 0.1) is 5.92 Å². The Labute approximate surface area is 115 Å². The molecule has 0 atom stereocenters. The maximum absolute atomic E-state index is 11.8. The molecule has 0 aromatic heterocycles. The van der Waals surface area contributed by atoms with Crippen molar-refractivity contribution in [2.24, 2.45) is 5.92 Å². The molecule has 0 aliphatic carbocycles. The van der Waals surface area contributed by atoms with Crippen molar-refractivity contribution < 1.29 is 14.3 Å². The number of carbonyl (C=O) groups excluding carboxylic acids is 1. The van der Waals surface area contributed by atoms with Crippen molar-refractivity contribution in [3.05, 3.63) is 0 Å². The number of rotatable bonds is 10. The van der Waals surface area contributed by atoms with Gasteiger partial charge in [-0.3, -0.25) is 4.79 Å². The van der Waals surface area contributed by atoms with Gasteiger partial charge in [0, 0.05) is 19.0 Å². The summed E-state index contributed by atoms with van der Waals surface area (Å²) in [6.45, 7) is 5.75. The summed E-state index contributed by atoms with van der Waals surface area (Å²) < 4.78 is 10.7. The predicted octanol–water partition coefficient (Wildman–Crippen LogP) is -0.645. The van der Waals surface area contributed by atoms with Crippen molar-refractivity contribution in [3.63, 3.8) is 0 Å². The summed E-state index contributed by atoms with van der Waals surface area (Å²) in [5, 5.41) is 9.18. The highest BCUT2D eigenvalue weighted by atomic mass is 16.5. The van der Waals surface area contributed by atoms with Gasteiger partial charge in [0.2, 0.25) is 5.91 Å². The second kappa shape index (κ2) is 11.2. The molecule has 3 N–H and O–H groups in total. The molecule has 6 heteroatoms. The summed E-state index contributed by atoms with van der Waals surface area (Å²) in [6.07, 6.45) is 1.87. The molecule has 1 saturated heterocycles. The van der Waals surface area contributed by atoms with Crippen LogP contribution in [0.25, 0.3) is 0 Å². The maximum Gasteiger partial charge on any atom is 0.223 e. The van der Waals surface area contributed by atoms with Gasteiger partial charge >= 0.3 is 0 Å². The quantitative estimate of drug-likeness (QED) is 0.462. The number of carbonyl (C=O) groups is 1. The lowest BCUT2D eigenvalue weighted by Crippen LogP contribution is -2.39. The van der Waals surface area contributed by atoms with Gasteiger partial charge in [0.25, 0.3) is 0 Å². The number of ether oxygens (including phenoxy) is 2. The largest absolute Gasteiger partial charge is 0.378 e. The number of amides is 1. The Morgan fingerprint density at radius 3 is 2.37 bits per heavy atom. The average Bonchev–Trinajstić information content (AvgIpc) is 2.46. The molecular formula is C13H27N3O3. The van der Waals surface area contributed by atoms with Gasteiger partial charge in [-0.15, -0.1) is 0 Å². The molecule has 1 amide bonds. The standard InChI is InChI=1S/C13H27N3O3/c1-14-6-8-18-10-11-19-9-7-16-13(17)12-2-4-15-5-3-12/h12,14-15H,2-11H2,1H3,(H,16,17). The molecule has 1 aliphatic rings. The smallest absolute Gasteiger partial charge is 0.223 e. The highest BCUT2D eigenvalue weighted by Crippen LogP contribution is 2.10. The van der Waals surface area contributed by atoms with Crippen LogP contribution in [-0.2, 0) is 14.3 Å². The molecule has 0 saturated carbocycles. The SMILES string of the molecule is CNCCOCCOCCNC(=O)C1CCNCC1. The van der Waals surface area contributed by atoms with Crippen LogP contribution >= 0.6 is 0 Å². The van der Waals surface area contributed by atoms with E-state index in [-0.39, 0.29) is 11.8 Å². The van der Waals surface area contributed by atoms with Gasteiger partial charge in [-0.1, -0.05) is 0 Å². The van der Waals surface area contributed by atoms with E-state index in [0.717, 1.165) is 32.5 Å². The summed E-state index contributed by atoms with van der Waals surface area (Å²) in [4.78, 5) is 11.8. The van der Waals surface area contributed by atoms with Crippen LogP contribution in [0.3, 0.4) is 0 Å². The zero-order valence-corrected chi connectivity index (χ0v) is 11.9. The first kappa shape index (κ1) is 16.4. The monoisotopic (exact) mass is 273 g/mol. The lowest BCUT2D eigenvalue weighted by Gasteiger charge is -2.21. The van der Waals surface area contributed by atoms with Crippen LogP contribution in [0.1, 0.15) is 12.8 Å². The molecule has 0 aromatic rings. The van der Waals surface area contributed by atoms with Crippen molar-refractivity contribution in [2.75, 3.05) is 59.7 Å². The van der Waals surface area contributed by atoms with Crippen LogP contribution in [0.5, 0.6) is 0 Å². The third kappa shape index (κ3) is 8.15. The Morgan fingerprint density at radius 2 is 1.74 bits per heavy atom. The first-order valence-electron chi connectivity index (χ1n) is 7.13. The third-order valence-corrected chi connectivity index (χ3v) is 3.12. The Kier molecular flexibility index (Phi) is 9.61. The molecule has 0 aromatic carbocycles. The molecule has 1 rings (SSSR count). The molecule has 1 fully saturated rings. The first-order valence-corrected chi connectivity index (χ1v) is 7.13. The van der Waals surface area contributed by atoms with Crippen molar-refractivity contribution >= 4 is 5.91 Å². The fourth-order valence-corrected chi connectivity index (χ4v) is 1.97. The lowest BCUT2D eigenvalue weighted by atomic mass is 9.97. The van der Waals surface area contributed by atoms with E-state index in [1.807, 2.05) is 7.05 Å². The Bertz CT molecular complexity index is 233. The minimum Gasteiger partial charge on any atom is -0.378 e. The maximum atomic E-state index is 11.8. The van der Waals surface area contributed by atoms with Gasteiger partial charge in [0.05, 0.1) is 26.4 Å². The summed E-state index contributed by atoms with van der Waals surface area (Å²) in [6, 6.07) is 0. The predicted molar refractivity (Wildman–Crippen MR) is 74.2 cm³/mol. The van der Waals surface area contributed by atoms with Crippen molar-refractivity contribution in [1.82, 2.24) is 16.0 Å². The zero-order chi connectivity index (χ0) is 13.8. The van der Waals surface area contributed by atoms with Crippen molar-refractivity contribution in [3.8, 4) is 0 Å². The van der Waals surface area contributed by atoms with Crippen LogP contribution in [-0.4, -0.2) is 65.6 Å². The molecule has 19 heavy (non-hydrogen) atoms. The molecule has 0 radical (unpaired) electrons. The number of likely N-dealkylation sites (N-methyl/N-ethyl adjacent to an activating group) is 1. The van der Waals surface area contributed by atoms with Crippen LogP contribution < -0.4 is 16.0 Å². The molecule has 112 valence electrons. The van der Waals surface area contributed by atoms with Crippen LogP contribution in [0.2, 0.25) is 0 Å². The van der Waals surface area contributed by atoms with Gasteiger partial charge in [-0.2, -0.15) is 0 Å². The van der Waals surface area contributed by atoms with E-state index >= 15 is 0 Å². The second-order valence-corrected chi connectivity index (χ2v) is 4.64. The number of nitrogens with one attached hydrogen (secondary N) is 3. The van der Waals surface area contributed by atoms with Crippen LogP contribution in [0.4, 0.5) is 0 Å². The van der Waals surface area contributed by atoms with E-state index in [2.05, 4.69) is 16.0 Å². The summed E-state index contributed by atoms with van der Waals surface area (Å²) >= 11 is 0. The topological polar surface area (TPSA) is 71.6 Å². The molecule has 0 spiro atoms. The van der Waals surface area contributed by atoms with E-state index in [9.17, 15) is 4.79 Å². The molecule has 1 heterocycles. The molecule has 0 bridgehead atoms. The lowest BCUT2D eigenvalue weighted by molar-refractivity contribution is -0.126. The van der Waals surface area contributed by atoms with E-state index in [1.165, 1.54) is 0 Å². The molecular weight excluding hydrogens is 246 g/mol. The van der Waals surface area contributed by atoms with Crippen molar-refractivity contribution in [2.45, 2.75) is 12.8 Å². The van der Waals surface area contributed by atoms with Crippen molar-refractivity contribution in [1.29, 1.82) is 0 Å². The minimum absolute atomic E-state index is 0.162.